The average molecular weight is 459 g/mol. The van der Waals surface area contributed by atoms with E-state index < -0.39 is 18.8 Å². The fourth-order valence-electron chi connectivity index (χ4n) is 3.67. The molecule has 26 heavy (non-hydrogen) atoms. The predicted octanol–water partition coefficient (Wildman–Crippen LogP) is 8.08. The van der Waals surface area contributed by atoms with Crippen molar-refractivity contribution in [2.45, 2.75) is 72.6 Å². The van der Waals surface area contributed by atoms with E-state index in [4.69, 9.17) is 3.07 Å². The van der Waals surface area contributed by atoms with Crippen LogP contribution in [-0.4, -0.2) is 18.8 Å². The van der Waals surface area contributed by atoms with Gasteiger partial charge in [0, 0.05) is 0 Å². The summed E-state index contributed by atoms with van der Waals surface area (Å²) in [6.45, 7) is 6.94. The third-order valence-corrected chi connectivity index (χ3v) is 17.9. The Morgan fingerprint density at radius 2 is 1.15 bits per heavy atom. The molecule has 2 aromatic carbocycles. The van der Waals surface area contributed by atoms with Gasteiger partial charge in [-0.3, -0.25) is 0 Å². The van der Waals surface area contributed by atoms with Crippen LogP contribution in [0.15, 0.2) is 54.6 Å². The Kier molecular flexibility index (Phi) is 9.59. The van der Waals surface area contributed by atoms with Crippen LogP contribution in [0.5, 0.6) is 5.75 Å². The number of benzene rings is 2. The van der Waals surface area contributed by atoms with Gasteiger partial charge in [0.25, 0.3) is 0 Å². The molecule has 2 aromatic rings. The Bertz CT molecular complexity index is 601. The van der Waals surface area contributed by atoms with Gasteiger partial charge in [0.2, 0.25) is 0 Å². The van der Waals surface area contributed by atoms with Crippen molar-refractivity contribution < 1.29 is 3.07 Å². The molecule has 2 heteroatoms. The summed E-state index contributed by atoms with van der Waals surface area (Å²) in [5.74, 6) is 1.14. The molecule has 0 bridgehead atoms. The Morgan fingerprint density at radius 1 is 0.654 bits per heavy atom. The average Bonchev–Trinajstić information content (AvgIpc) is 2.70. The number of hydrogen-bond donors (Lipinski definition) is 0. The fraction of sp³-hybridized carbons (Fsp3) is 0.500. The summed E-state index contributed by atoms with van der Waals surface area (Å²) in [6, 6.07) is 19.4. The summed E-state index contributed by atoms with van der Waals surface area (Å²) in [5.41, 5.74) is 2.53. The van der Waals surface area contributed by atoms with Gasteiger partial charge in [0.1, 0.15) is 0 Å². The van der Waals surface area contributed by atoms with Crippen LogP contribution < -0.4 is 3.07 Å². The predicted molar refractivity (Wildman–Crippen MR) is 117 cm³/mol. The molecule has 0 heterocycles. The zero-order valence-corrected chi connectivity index (χ0v) is 19.8. The first kappa shape index (κ1) is 21.3. The molecule has 0 aliphatic heterocycles. The Hall–Kier alpha value is -0.961. The van der Waals surface area contributed by atoms with Crippen LogP contribution in [0.3, 0.4) is 0 Å². The molecule has 1 nitrogen and oxygen atoms in total. The maximum atomic E-state index is 7.10. The van der Waals surface area contributed by atoms with Crippen LogP contribution in [0, 0.1) is 0 Å². The van der Waals surface area contributed by atoms with Crippen molar-refractivity contribution >= 4 is 18.8 Å². The molecule has 143 valence electrons. The van der Waals surface area contributed by atoms with E-state index in [0.29, 0.717) is 0 Å². The van der Waals surface area contributed by atoms with Crippen LogP contribution in [0.25, 0.3) is 11.1 Å². The molecule has 0 N–H and O–H groups in total. The molecule has 0 saturated heterocycles. The second-order valence-electron chi connectivity index (χ2n) is 7.46. The van der Waals surface area contributed by atoms with E-state index >= 15 is 0 Å². The minimum absolute atomic E-state index is 1.14. The summed E-state index contributed by atoms with van der Waals surface area (Å²) < 4.78 is 11.2. The summed E-state index contributed by atoms with van der Waals surface area (Å²) in [7, 11) is 0. The molecule has 0 atom stereocenters. The van der Waals surface area contributed by atoms with Gasteiger partial charge < -0.3 is 0 Å². The molecule has 0 saturated carbocycles. The normalized spacial score (nSPS) is 11.5. The van der Waals surface area contributed by atoms with Crippen molar-refractivity contribution in [2.75, 3.05) is 0 Å². The molecule has 0 fully saturated rings. The number of hydrogen-bond acceptors (Lipinski definition) is 1. The zero-order chi connectivity index (χ0) is 18.7. The van der Waals surface area contributed by atoms with E-state index in [2.05, 4.69) is 75.4 Å². The summed E-state index contributed by atoms with van der Waals surface area (Å²) in [4.78, 5) is 0. The second kappa shape index (κ2) is 11.7. The van der Waals surface area contributed by atoms with Gasteiger partial charge in [-0.15, -0.1) is 0 Å². The Labute approximate surface area is 165 Å². The van der Waals surface area contributed by atoms with Crippen molar-refractivity contribution in [1.82, 2.24) is 0 Å². The van der Waals surface area contributed by atoms with E-state index in [9.17, 15) is 0 Å². The van der Waals surface area contributed by atoms with E-state index in [-0.39, 0.29) is 0 Å². The van der Waals surface area contributed by atoms with Crippen LogP contribution in [0.4, 0.5) is 0 Å². The van der Waals surface area contributed by atoms with Crippen molar-refractivity contribution in [3.8, 4) is 16.9 Å². The van der Waals surface area contributed by atoms with Gasteiger partial charge in [-0.2, -0.15) is 0 Å². The van der Waals surface area contributed by atoms with E-state index in [1.54, 1.807) is 0 Å². The molecule has 0 amide bonds. The second-order valence-corrected chi connectivity index (χ2v) is 19.1. The third-order valence-electron chi connectivity index (χ3n) is 5.26. The number of unbranched alkanes of at least 4 members (excludes halogenated alkanes) is 3. The molecular formula is C24H36OSn-. The van der Waals surface area contributed by atoms with Gasteiger partial charge in [0.15, 0.2) is 0 Å². The topological polar surface area (TPSA) is 9.23 Å². The van der Waals surface area contributed by atoms with Crippen LogP contribution in [0.1, 0.15) is 59.3 Å². The van der Waals surface area contributed by atoms with Crippen LogP contribution in [-0.2, 0) is 0 Å². The summed E-state index contributed by atoms with van der Waals surface area (Å²) in [5, 5.41) is 0. The minimum atomic E-state index is -2.66. The maximum absolute atomic E-state index is 7.10. The van der Waals surface area contributed by atoms with E-state index in [1.807, 2.05) is 0 Å². The number of para-hydroxylation sites is 1. The first-order valence-corrected chi connectivity index (χ1v) is 17.8. The van der Waals surface area contributed by atoms with Crippen molar-refractivity contribution in [1.29, 1.82) is 0 Å². The van der Waals surface area contributed by atoms with Crippen LogP contribution in [0.2, 0.25) is 13.3 Å². The monoisotopic (exact) mass is 460 g/mol. The van der Waals surface area contributed by atoms with E-state index in [1.165, 1.54) is 63.0 Å². The van der Waals surface area contributed by atoms with Crippen molar-refractivity contribution in [3.05, 3.63) is 54.6 Å². The number of rotatable bonds is 12. The van der Waals surface area contributed by atoms with Gasteiger partial charge in [0.05, 0.1) is 0 Å². The Morgan fingerprint density at radius 3 is 1.69 bits per heavy atom. The van der Waals surface area contributed by atoms with Crippen LogP contribution >= 0.6 is 0 Å². The SMILES string of the molecule is CCC[CH2][Sn-]([CH2]CCC)([CH2]CCC)[O]c1ccccc1-c1ccccc1. The van der Waals surface area contributed by atoms with Gasteiger partial charge >= 0.3 is 166 Å². The molecule has 0 unspecified atom stereocenters. The van der Waals surface area contributed by atoms with Gasteiger partial charge in [-0.1, -0.05) is 0 Å². The summed E-state index contributed by atoms with van der Waals surface area (Å²) >= 11 is -2.66. The molecule has 2 rings (SSSR count). The summed E-state index contributed by atoms with van der Waals surface area (Å²) in [6.07, 6.45) is 7.83. The third kappa shape index (κ3) is 6.33. The standard InChI is InChI=1S/C12H10O.3C4H9.Sn/c13-12-9-5-4-8-11(12)10-6-2-1-3-7-10;3*1-3-4-2;/h1-9,13H;3*1,3-4H2,2H3;/p-1. The fourth-order valence-corrected chi connectivity index (χ4v) is 17.1. The molecule has 0 radical (unpaired) electrons. The van der Waals surface area contributed by atoms with Gasteiger partial charge in [-0.25, -0.2) is 0 Å². The first-order chi connectivity index (χ1) is 12.7. The molecular weight excluding hydrogens is 423 g/mol. The molecule has 0 aromatic heterocycles. The molecule has 0 aliphatic rings. The van der Waals surface area contributed by atoms with Crippen molar-refractivity contribution in [3.63, 3.8) is 0 Å². The molecule has 0 aliphatic carbocycles. The van der Waals surface area contributed by atoms with Gasteiger partial charge in [-0.05, 0) is 0 Å². The first-order valence-electron chi connectivity index (χ1n) is 10.6. The van der Waals surface area contributed by atoms with Crippen molar-refractivity contribution in [2.24, 2.45) is 0 Å². The quantitative estimate of drug-likeness (QED) is 0.292. The van der Waals surface area contributed by atoms with E-state index in [0.717, 1.165) is 5.75 Å². The Balaban J connectivity index is 2.34. The molecule has 0 spiro atoms. The zero-order valence-electron chi connectivity index (χ0n) is 17.0.